The fourth-order valence-corrected chi connectivity index (χ4v) is 3.73. The van der Waals surface area contributed by atoms with Crippen molar-refractivity contribution >= 4 is 5.97 Å². The Balaban J connectivity index is 1.79. The van der Waals surface area contributed by atoms with Gasteiger partial charge < -0.3 is 4.74 Å². The lowest BCUT2D eigenvalue weighted by atomic mass is 9.94. The predicted molar refractivity (Wildman–Crippen MR) is 73.6 cm³/mol. The van der Waals surface area contributed by atoms with Gasteiger partial charge in [0.25, 0.3) is 0 Å². The van der Waals surface area contributed by atoms with Crippen molar-refractivity contribution in [2.24, 2.45) is 5.92 Å². The summed E-state index contributed by atoms with van der Waals surface area (Å²) in [5.41, 5.74) is 1.37. The molecule has 0 saturated carbocycles. The van der Waals surface area contributed by atoms with Crippen LogP contribution in [-0.2, 0) is 9.53 Å². The van der Waals surface area contributed by atoms with E-state index in [0.29, 0.717) is 24.4 Å². The maximum Gasteiger partial charge on any atom is 0.306 e. The molecule has 102 valence electrons. The molecule has 3 unspecified atom stereocenters. The van der Waals surface area contributed by atoms with E-state index in [2.05, 4.69) is 49.2 Å². The Labute approximate surface area is 114 Å². The molecule has 4 atom stereocenters. The summed E-state index contributed by atoms with van der Waals surface area (Å²) in [6.45, 7) is 2.30. The summed E-state index contributed by atoms with van der Waals surface area (Å²) in [7, 11) is 2.16. The topological polar surface area (TPSA) is 29.5 Å². The largest absolute Gasteiger partial charge is 0.461 e. The van der Waals surface area contributed by atoms with Crippen molar-refractivity contribution < 1.29 is 9.53 Å². The van der Waals surface area contributed by atoms with Crippen LogP contribution in [0.15, 0.2) is 30.3 Å². The van der Waals surface area contributed by atoms with Crippen molar-refractivity contribution in [1.82, 2.24) is 4.90 Å². The van der Waals surface area contributed by atoms with Gasteiger partial charge in [-0.2, -0.15) is 0 Å². The second-order valence-electron chi connectivity index (χ2n) is 5.87. The van der Waals surface area contributed by atoms with E-state index < -0.39 is 0 Å². The second kappa shape index (κ2) is 4.97. The molecule has 0 radical (unpaired) electrons. The molecule has 0 spiro atoms. The van der Waals surface area contributed by atoms with Crippen LogP contribution in [0.2, 0.25) is 0 Å². The maximum absolute atomic E-state index is 11.3. The van der Waals surface area contributed by atoms with E-state index in [-0.39, 0.29) is 12.1 Å². The standard InChI is InChI=1S/C16H21NO2/c1-11-10-13(14-8-9-15(18)19-14)17(2)16(11)12-6-4-3-5-7-12/h3-7,11,13-14,16H,8-10H2,1-2H3/t11?,13?,14?,16-/m0/s1. The Hall–Kier alpha value is -1.35. The number of hydrogen-bond acceptors (Lipinski definition) is 3. The zero-order valence-electron chi connectivity index (χ0n) is 11.6. The third kappa shape index (κ3) is 2.27. The predicted octanol–water partition coefficient (Wildman–Crippen LogP) is 2.77. The molecule has 0 aromatic heterocycles. The normalized spacial score (nSPS) is 35.6. The number of benzene rings is 1. The Morgan fingerprint density at radius 3 is 2.63 bits per heavy atom. The van der Waals surface area contributed by atoms with Gasteiger partial charge in [-0.3, -0.25) is 9.69 Å². The van der Waals surface area contributed by atoms with E-state index in [1.54, 1.807) is 0 Å². The van der Waals surface area contributed by atoms with Gasteiger partial charge in [-0.25, -0.2) is 0 Å². The summed E-state index contributed by atoms with van der Waals surface area (Å²) in [6.07, 6.45) is 2.66. The lowest BCUT2D eigenvalue weighted by Crippen LogP contribution is -2.37. The molecule has 0 aliphatic carbocycles. The first-order valence-electron chi connectivity index (χ1n) is 7.13. The number of carbonyl (C=O) groups excluding carboxylic acids is 1. The van der Waals surface area contributed by atoms with Gasteiger partial charge in [-0.05, 0) is 31.4 Å². The molecule has 0 N–H and O–H groups in total. The number of carbonyl (C=O) groups is 1. The highest BCUT2D eigenvalue weighted by atomic mass is 16.6. The molecule has 1 aromatic carbocycles. The van der Waals surface area contributed by atoms with E-state index in [1.807, 2.05) is 0 Å². The lowest BCUT2D eigenvalue weighted by molar-refractivity contribution is -0.143. The summed E-state index contributed by atoms with van der Waals surface area (Å²) in [4.78, 5) is 13.7. The molecule has 1 aromatic rings. The molecule has 0 amide bonds. The van der Waals surface area contributed by atoms with Gasteiger partial charge in [-0.1, -0.05) is 37.3 Å². The number of ether oxygens (including phenoxy) is 1. The molecule has 2 fully saturated rings. The first-order valence-corrected chi connectivity index (χ1v) is 7.13. The van der Waals surface area contributed by atoms with Gasteiger partial charge in [0.15, 0.2) is 0 Å². The molecular weight excluding hydrogens is 238 g/mol. The van der Waals surface area contributed by atoms with Gasteiger partial charge >= 0.3 is 5.97 Å². The third-order valence-electron chi connectivity index (χ3n) is 4.60. The number of likely N-dealkylation sites (N-methyl/N-ethyl adjacent to an activating group) is 1. The summed E-state index contributed by atoms with van der Waals surface area (Å²) >= 11 is 0. The van der Waals surface area contributed by atoms with Crippen LogP contribution in [0.3, 0.4) is 0 Å². The molecule has 3 heteroatoms. The smallest absolute Gasteiger partial charge is 0.306 e. The van der Waals surface area contributed by atoms with Crippen molar-refractivity contribution in [2.75, 3.05) is 7.05 Å². The van der Waals surface area contributed by atoms with Crippen LogP contribution in [0, 0.1) is 5.92 Å². The van der Waals surface area contributed by atoms with Crippen molar-refractivity contribution in [1.29, 1.82) is 0 Å². The number of cyclic esters (lactones) is 1. The molecule has 3 nitrogen and oxygen atoms in total. The van der Waals surface area contributed by atoms with Crippen molar-refractivity contribution in [2.45, 2.75) is 44.4 Å². The molecule has 0 bridgehead atoms. The number of nitrogens with zero attached hydrogens (tertiary/aromatic N) is 1. The number of rotatable bonds is 2. The Morgan fingerprint density at radius 2 is 2.00 bits per heavy atom. The molecule has 19 heavy (non-hydrogen) atoms. The monoisotopic (exact) mass is 259 g/mol. The van der Waals surface area contributed by atoms with Crippen LogP contribution >= 0.6 is 0 Å². The van der Waals surface area contributed by atoms with Crippen LogP contribution in [0.25, 0.3) is 0 Å². The summed E-state index contributed by atoms with van der Waals surface area (Å²) in [5.74, 6) is 0.561. The Morgan fingerprint density at radius 1 is 1.26 bits per heavy atom. The SMILES string of the molecule is CC1CC(C2CCC(=O)O2)N(C)[C@@H]1c1ccccc1. The third-order valence-corrected chi connectivity index (χ3v) is 4.60. The molecular formula is C16H21NO2. The van der Waals surface area contributed by atoms with Crippen molar-refractivity contribution in [3.8, 4) is 0 Å². The minimum atomic E-state index is -0.0331. The minimum absolute atomic E-state index is 0.0331. The maximum atomic E-state index is 11.3. The number of hydrogen-bond donors (Lipinski definition) is 0. The minimum Gasteiger partial charge on any atom is -0.461 e. The van der Waals surface area contributed by atoms with Crippen molar-refractivity contribution in [3.05, 3.63) is 35.9 Å². The first-order chi connectivity index (χ1) is 9.16. The average Bonchev–Trinajstić information content (AvgIpc) is 2.95. The highest BCUT2D eigenvalue weighted by molar-refractivity contribution is 5.71. The fraction of sp³-hybridized carbons (Fsp3) is 0.562. The Kier molecular flexibility index (Phi) is 3.31. The fourth-order valence-electron chi connectivity index (χ4n) is 3.73. The van der Waals surface area contributed by atoms with Crippen LogP contribution in [-0.4, -0.2) is 30.1 Å². The number of likely N-dealkylation sites (tertiary alicyclic amines) is 1. The van der Waals surface area contributed by atoms with Gasteiger partial charge in [0.2, 0.25) is 0 Å². The van der Waals surface area contributed by atoms with Crippen LogP contribution in [0.1, 0.15) is 37.8 Å². The second-order valence-corrected chi connectivity index (χ2v) is 5.87. The van der Waals surface area contributed by atoms with Gasteiger partial charge in [0.05, 0.1) is 0 Å². The van der Waals surface area contributed by atoms with Gasteiger partial charge in [0, 0.05) is 18.5 Å². The van der Waals surface area contributed by atoms with E-state index in [0.717, 1.165) is 12.8 Å². The van der Waals surface area contributed by atoms with Gasteiger partial charge in [0.1, 0.15) is 6.10 Å². The van der Waals surface area contributed by atoms with E-state index in [9.17, 15) is 4.79 Å². The molecule has 3 rings (SSSR count). The zero-order chi connectivity index (χ0) is 13.4. The molecule has 2 heterocycles. The molecule has 2 aliphatic rings. The molecule has 2 saturated heterocycles. The van der Waals surface area contributed by atoms with E-state index >= 15 is 0 Å². The first kappa shape index (κ1) is 12.7. The van der Waals surface area contributed by atoms with Crippen LogP contribution < -0.4 is 0 Å². The summed E-state index contributed by atoms with van der Waals surface area (Å²) in [5, 5.41) is 0. The van der Waals surface area contributed by atoms with Crippen LogP contribution in [0.4, 0.5) is 0 Å². The summed E-state index contributed by atoms with van der Waals surface area (Å²) < 4.78 is 5.47. The lowest BCUT2D eigenvalue weighted by Gasteiger charge is -2.29. The number of esters is 1. The highest BCUT2D eigenvalue weighted by Gasteiger charge is 2.43. The summed E-state index contributed by atoms with van der Waals surface area (Å²) in [6, 6.07) is 11.4. The zero-order valence-corrected chi connectivity index (χ0v) is 11.6. The average molecular weight is 259 g/mol. The van der Waals surface area contributed by atoms with Gasteiger partial charge in [-0.15, -0.1) is 0 Å². The molecule has 2 aliphatic heterocycles. The van der Waals surface area contributed by atoms with Crippen molar-refractivity contribution in [3.63, 3.8) is 0 Å². The van der Waals surface area contributed by atoms with Crippen LogP contribution in [0.5, 0.6) is 0 Å². The van der Waals surface area contributed by atoms with E-state index in [4.69, 9.17) is 4.74 Å². The van der Waals surface area contributed by atoms with E-state index in [1.165, 1.54) is 5.56 Å². The quantitative estimate of drug-likeness (QED) is 0.765. The Bertz CT molecular complexity index is 459. The highest BCUT2D eigenvalue weighted by Crippen LogP contribution is 2.42.